The van der Waals surface area contributed by atoms with Crippen LogP contribution in [0.3, 0.4) is 0 Å². The van der Waals surface area contributed by atoms with Crippen molar-refractivity contribution in [2.45, 2.75) is 45.3 Å². The van der Waals surface area contributed by atoms with E-state index in [1.807, 2.05) is 39.1 Å². The zero-order valence-corrected chi connectivity index (χ0v) is 12.3. The van der Waals surface area contributed by atoms with Crippen molar-refractivity contribution >= 4 is 0 Å². The van der Waals surface area contributed by atoms with Crippen molar-refractivity contribution in [2.75, 3.05) is 13.6 Å². The first kappa shape index (κ1) is 15.7. The van der Waals surface area contributed by atoms with Gasteiger partial charge in [0.2, 0.25) is 0 Å². The Kier molecular flexibility index (Phi) is 5.53. The summed E-state index contributed by atoms with van der Waals surface area (Å²) in [5, 5.41) is 18.6. The minimum Gasteiger partial charge on any atom is -0.393 e. The Labute approximate surface area is 116 Å². The summed E-state index contributed by atoms with van der Waals surface area (Å²) in [4.78, 5) is 2.18. The highest BCUT2D eigenvalue weighted by Gasteiger charge is 2.22. The predicted octanol–water partition coefficient (Wildman–Crippen LogP) is 2.69. The van der Waals surface area contributed by atoms with Gasteiger partial charge in [0.15, 0.2) is 0 Å². The number of rotatable bonds is 6. The molecule has 0 radical (unpaired) electrons. The molecule has 3 heteroatoms. The van der Waals surface area contributed by atoms with Gasteiger partial charge in [-0.2, -0.15) is 5.26 Å². The SMILES string of the molecule is CC(O)CCN(C)Cc1ccccc1C(C)(C)C#N. The number of hydrogen-bond acceptors (Lipinski definition) is 3. The highest BCUT2D eigenvalue weighted by atomic mass is 16.3. The monoisotopic (exact) mass is 260 g/mol. The Balaban J connectivity index is 2.82. The van der Waals surface area contributed by atoms with E-state index in [9.17, 15) is 10.4 Å². The lowest BCUT2D eigenvalue weighted by Gasteiger charge is -2.24. The summed E-state index contributed by atoms with van der Waals surface area (Å²) < 4.78 is 0. The second-order valence-electron chi connectivity index (χ2n) is 5.77. The van der Waals surface area contributed by atoms with Gasteiger partial charge in [0.1, 0.15) is 0 Å². The molecule has 1 unspecified atom stereocenters. The largest absolute Gasteiger partial charge is 0.393 e. The molecule has 0 aliphatic carbocycles. The maximum atomic E-state index is 9.32. The summed E-state index contributed by atoms with van der Waals surface area (Å²) in [6.45, 7) is 7.34. The second-order valence-corrected chi connectivity index (χ2v) is 5.77. The van der Waals surface area contributed by atoms with Gasteiger partial charge in [-0.3, -0.25) is 0 Å². The molecule has 3 nitrogen and oxygen atoms in total. The molecule has 0 heterocycles. The molecule has 0 aromatic heterocycles. The summed E-state index contributed by atoms with van der Waals surface area (Å²) in [6, 6.07) is 10.5. The Morgan fingerprint density at radius 2 is 2.00 bits per heavy atom. The van der Waals surface area contributed by atoms with Crippen LogP contribution in [0.4, 0.5) is 0 Å². The summed E-state index contributed by atoms with van der Waals surface area (Å²) in [6.07, 6.45) is 0.494. The number of benzene rings is 1. The van der Waals surface area contributed by atoms with Crippen LogP contribution in [0.5, 0.6) is 0 Å². The predicted molar refractivity (Wildman–Crippen MR) is 77.7 cm³/mol. The van der Waals surface area contributed by atoms with Crippen molar-refractivity contribution in [1.82, 2.24) is 4.90 Å². The van der Waals surface area contributed by atoms with Gasteiger partial charge < -0.3 is 10.0 Å². The zero-order valence-electron chi connectivity index (χ0n) is 12.3. The van der Waals surface area contributed by atoms with Crippen LogP contribution < -0.4 is 0 Å². The molecule has 0 spiro atoms. The number of nitriles is 1. The minimum atomic E-state index is -0.471. The topological polar surface area (TPSA) is 47.3 Å². The van der Waals surface area contributed by atoms with Crippen molar-refractivity contribution in [2.24, 2.45) is 0 Å². The van der Waals surface area contributed by atoms with Gasteiger partial charge in [0.05, 0.1) is 17.6 Å². The fourth-order valence-electron chi connectivity index (χ4n) is 2.11. The van der Waals surface area contributed by atoms with E-state index >= 15 is 0 Å². The third kappa shape index (κ3) is 4.66. The maximum absolute atomic E-state index is 9.32. The molecule has 0 saturated carbocycles. The molecule has 0 aliphatic heterocycles. The van der Waals surface area contributed by atoms with Gasteiger partial charge in [0, 0.05) is 13.1 Å². The van der Waals surface area contributed by atoms with E-state index in [0.717, 1.165) is 25.1 Å². The van der Waals surface area contributed by atoms with E-state index in [4.69, 9.17) is 0 Å². The number of nitrogens with zero attached hydrogens (tertiary/aromatic N) is 2. The van der Waals surface area contributed by atoms with Crippen molar-refractivity contribution in [3.63, 3.8) is 0 Å². The highest BCUT2D eigenvalue weighted by Crippen LogP contribution is 2.26. The van der Waals surface area contributed by atoms with Crippen LogP contribution in [-0.2, 0) is 12.0 Å². The molecule has 1 atom stereocenters. The van der Waals surface area contributed by atoms with Crippen molar-refractivity contribution in [3.05, 3.63) is 35.4 Å². The lowest BCUT2D eigenvalue weighted by molar-refractivity contribution is 0.162. The van der Waals surface area contributed by atoms with Gasteiger partial charge in [-0.25, -0.2) is 0 Å². The van der Waals surface area contributed by atoms with Gasteiger partial charge in [-0.15, -0.1) is 0 Å². The number of aliphatic hydroxyl groups excluding tert-OH is 1. The molecular weight excluding hydrogens is 236 g/mol. The summed E-state index contributed by atoms with van der Waals surface area (Å²) in [5.41, 5.74) is 1.80. The number of aliphatic hydroxyl groups is 1. The van der Waals surface area contributed by atoms with Crippen LogP contribution in [0.25, 0.3) is 0 Å². The first-order chi connectivity index (χ1) is 8.86. The molecule has 0 aliphatic rings. The first-order valence-electron chi connectivity index (χ1n) is 6.73. The second kappa shape index (κ2) is 6.70. The quantitative estimate of drug-likeness (QED) is 0.855. The summed E-state index contributed by atoms with van der Waals surface area (Å²) >= 11 is 0. The maximum Gasteiger partial charge on any atom is 0.0769 e. The molecule has 104 valence electrons. The third-order valence-corrected chi connectivity index (χ3v) is 3.34. The fraction of sp³-hybridized carbons (Fsp3) is 0.562. The summed E-state index contributed by atoms with van der Waals surface area (Å²) in [7, 11) is 2.04. The lowest BCUT2D eigenvalue weighted by atomic mass is 9.83. The van der Waals surface area contributed by atoms with Gasteiger partial charge in [0.25, 0.3) is 0 Å². The van der Waals surface area contributed by atoms with Gasteiger partial charge in [-0.05, 0) is 45.4 Å². The Morgan fingerprint density at radius 1 is 1.37 bits per heavy atom. The van der Waals surface area contributed by atoms with Crippen molar-refractivity contribution in [1.29, 1.82) is 5.26 Å². The average molecular weight is 260 g/mol. The van der Waals surface area contributed by atoms with Gasteiger partial charge >= 0.3 is 0 Å². The van der Waals surface area contributed by atoms with Crippen LogP contribution in [0.2, 0.25) is 0 Å². The van der Waals surface area contributed by atoms with Crippen LogP contribution in [-0.4, -0.2) is 29.7 Å². The normalized spacial score (nSPS) is 13.3. The number of hydrogen-bond donors (Lipinski definition) is 1. The molecule has 19 heavy (non-hydrogen) atoms. The molecule has 1 N–H and O–H groups in total. The fourth-order valence-corrected chi connectivity index (χ4v) is 2.11. The van der Waals surface area contributed by atoms with Crippen LogP contribution in [0.1, 0.15) is 38.3 Å². The van der Waals surface area contributed by atoms with E-state index < -0.39 is 5.41 Å². The molecule has 0 amide bonds. The molecule has 1 aromatic carbocycles. The molecule has 1 rings (SSSR count). The zero-order chi connectivity index (χ0) is 14.5. The Hall–Kier alpha value is -1.37. The van der Waals surface area contributed by atoms with E-state index in [1.54, 1.807) is 6.92 Å². The van der Waals surface area contributed by atoms with Crippen molar-refractivity contribution in [3.8, 4) is 6.07 Å². The van der Waals surface area contributed by atoms with Gasteiger partial charge in [-0.1, -0.05) is 24.3 Å². The smallest absolute Gasteiger partial charge is 0.0769 e. The van der Waals surface area contributed by atoms with Crippen LogP contribution >= 0.6 is 0 Å². The third-order valence-electron chi connectivity index (χ3n) is 3.34. The molecule has 0 fully saturated rings. The van der Waals surface area contributed by atoms with E-state index in [2.05, 4.69) is 17.0 Å². The summed E-state index contributed by atoms with van der Waals surface area (Å²) in [5.74, 6) is 0. The van der Waals surface area contributed by atoms with Crippen LogP contribution in [0, 0.1) is 11.3 Å². The minimum absolute atomic E-state index is 0.270. The molecule has 0 bridgehead atoms. The van der Waals surface area contributed by atoms with E-state index in [-0.39, 0.29) is 6.10 Å². The van der Waals surface area contributed by atoms with Crippen LogP contribution in [0.15, 0.2) is 24.3 Å². The lowest BCUT2D eigenvalue weighted by Crippen LogP contribution is -2.25. The molecular formula is C16H24N2O. The van der Waals surface area contributed by atoms with E-state index in [0.29, 0.717) is 0 Å². The van der Waals surface area contributed by atoms with Crippen molar-refractivity contribution < 1.29 is 5.11 Å². The Bertz CT molecular complexity index is 446. The molecule has 1 aromatic rings. The highest BCUT2D eigenvalue weighted by molar-refractivity contribution is 5.37. The first-order valence-corrected chi connectivity index (χ1v) is 6.73. The molecule has 0 saturated heterocycles. The Morgan fingerprint density at radius 3 is 2.58 bits per heavy atom. The van der Waals surface area contributed by atoms with E-state index in [1.165, 1.54) is 5.56 Å². The standard InChI is InChI=1S/C16H24N2O/c1-13(19)9-10-18(4)11-14-7-5-6-8-15(14)16(2,3)12-17/h5-8,13,19H,9-11H2,1-4H3. The average Bonchev–Trinajstić information content (AvgIpc) is 2.37.